The summed E-state index contributed by atoms with van der Waals surface area (Å²) < 4.78 is 17.4. The number of rotatable bonds is 0. The second-order valence-electron chi connectivity index (χ2n) is 5.63. The van der Waals surface area contributed by atoms with Crippen LogP contribution in [-0.4, -0.2) is 37.9 Å². The zero-order valence-electron chi connectivity index (χ0n) is 14.3. The standard InChI is InChI=1S/C20H24O3S2/c1-3-7-19-17(5-1)15-24-13-14-25-16-18-6-2-4-8-20(18)23-12-10-21-9-11-22-19/h1-8H,9-16H2. The predicted molar refractivity (Wildman–Crippen MR) is 107 cm³/mol. The third kappa shape index (κ3) is 6.17. The normalized spacial score (nSPS) is 17.3. The van der Waals surface area contributed by atoms with Crippen LogP contribution in [0.5, 0.6) is 11.5 Å². The maximum absolute atomic E-state index is 5.88. The fourth-order valence-electron chi connectivity index (χ4n) is 2.53. The molecule has 2 aromatic carbocycles. The van der Waals surface area contributed by atoms with Gasteiger partial charge in [0.15, 0.2) is 0 Å². The van der Waals surface area contributed by atoms with Crippen molar-refractivity contribution in [2.24, 2.45) is 0 Å². The second kappa shape index (κ2) is 10.6. The van der Waals surface area contributed by atoms with Gasteiger partial charge in [-0.25, -0.2) is 0 Å². The van der Waals surface area contributed by atoms with E-state index in [1.165, 1.54) is 11.1 Å². The van der Waals surface area contributed by atoms with E-state index in [4.69, 9.17) is 14.2 Å². The van der Waals surface area contributed by atoms with Gasteiger partial charge in [0, 0.05) is 34.1 Å². The number of ether oxygens (including phenoxy) is 3. The highest BCUT2D eigenvalue weighted by Crippen LogP contribution is 2.26. The van der Waals surface area contributed by atoms with E-state index in [9.17, 15) is 0 Å². The zero-order chi connectivity index (χ0) is 17.2. The lowest BCUT2D eigenvalue weighted by Gasteiger charge is -2.12. The van der Waals surface area contributed by atoms with Crippen LogP contribution in [-0.2, 0) is 16.2 Å². The lowest BCUT2D eigenvalue weighted by atomic mass is 10.2. The van der Waals surface area contributed by atoms with Crippen molar-refractivity contribution in [2.45, 2.75) is 11.5 Å². The lowest BCUT2D eigenvalue weighted by Crippen LogP contribution is -2.12. The largest absolute Gasteiger partial charge is 0.491 e. The Morgan fingerprint density at radius 2 is 1.08 bits per heavy atom. The van der Waals surface area contributed by atoms with Crippen LogP contribution < -0.4 is 9.47 Å². The van der Waals surface area contributed by atoms with Crippen molar-refractivity contribution in [2.75, 3.05) is 37.9 Å². The van der Waals surface area contributed by atoms with Crippen LogP contribution in [0.15, 0.2) is 48.5 Å². The fourth-order valence-corrected chi connectivity index (χ4v) is 4.68. The summed E-state index contributed by atoms with van der Waals surface area (Å²) >= 11 is 3.91. The molecule has 1 aliphatic heterocycles. The Balaban J connectivity index is 1.59. The molecule has 134 valence electrons. The Bertz CT molecular complexity index is 593. The lowest BCUT2D eigenvalue weighted by molar-refractivity contribution is 0.0761. The average Bonchev–Trinajstić information content (AvgIpc) is 2.65. The molecule has 0 N–H and O–H groups in total. The molecule has 0 aliphatic carbocycles. The van der Waals surface area contributed by atoms with Crippen LogP contribution in [0.2, 0.25) is 0 Å². The topological polar surface area (TPSA) is 27.7 Å². The summed E-state index contributed by atoms with van der Waals surface area (Å²) in [6.07, 6.45) is 0. The molecular formula is C20H24O3S2. The highest BCUT2D eigenvalue weighted by atomic mass is 32.2. The first-order valence-corrected chi connectivity index (χ1v) is 10.9. The summed E-state index contributed by atoms with van der Waals surface area (Å²) in [6.45, 7) is 2.27. The first-order chi connectivity index (χ1) is 12.4. The molecule has 3 nitrogen and oxygen atoms in total. The van der Waals surface area contributed by atoms with Gasteiger partial charge >= 0.3 is 0 Å². The van der Waals surface area contributed by atoms with Crippen molar-refractivity contribution in [1.29, 1.82) is 0 Å². The smallest absolute Gasteiger partial charge is 0.123 e. The molecule has 0 saturated heterocycles. The summed E-state index contributed by atoms with van der Waals surface area (Å²) in [5.74, 6) is 6.17. The van der Waals surface area contributed by atoms with E-state index in [0.29, 0.717) is 26.4 Å². The van der Waals surface area contributed by atoms with Crippen molar-refractivity contribution < 1.29 is 14.2 Å². The molecule has 3 rings (SSSR count). The molecule has 0 amide bonds. The quantitative estimate of drug-likeness (QED) is 0.668. The Labute approximate surface area is 158 Å². The first-order valence-electron chi connectivity index (χ1n) is 8.58. The SMILES string of the molecule is c1ccc2c(c1)CSCCSCc1ccccc1OCCOCCO2. The van der Waals surface area contributed by atoms with Gasteiger partial charge in [-0.2, -0.15) is 23.5 Å². The second-order valence-corrected chi connectivity index (χ2v) is 7.84. The van der Waals surface area contributed by atoms with E-state index in [1.807, 2.05) is 47.8 Å². The minimum absolute atomic E-state index is 0.564. The molecule has 5 heteroatoms. The predicted octanol–water partition coefficient (Wildman–Crippen LogP) is 4.64. The Hall–Kier alpha value is -1.30. The van der Waals surface area contributed by atoms with Gasteiger partial charge in [0.05, 0.1) is 13.2 Å². The van der Waals surface area contributed by atoms with E-state index in [0.717, 1.165) is 34.5 Å². The van der Waals surface area contributed by atoms with Crippen molar-refractivity contribution >= 4 is 23.5 Å². The molecule has 0 spiro atoms. The molecule has 2 aromatic rings. The number of benzene rings is 2. The van der Waals surface area contributed by atoms with Gasteiger partial charge in [-0.05, 0) is 12.1 Å². The van der Waals surface area contributed by atoms with Crippen LogP contribution in [0, 0.1) is 0 Å². The van der Waals surface area contributed by atoms with Crippen LogP contribution in [0.1, 0.15) is 11.1 Å². The van der Waals surface area contributed by atoms with Crippen molar-refractivity contribution in [3.8, 4) is 11.5 Å². The summed E-state index contributed by atoms with van der Waals surface area (Å²) in [5.41, 5.74) is 2.52. The molecule has 0 saturated carbocycles. The van der Waals surface area contributed by atoms with Gasteiger partial charge in [-0.15, -0.1) is 0 Å². The van der Waals surface area contributed by atoms with Gasteiger partial charge in [-0.3, -0.25) is 0 Å². The highest BCUT2D eigenvalue weighted by molar-refractivity contribution is 8.02. The van der Waals surface area contributed by atoms with Crippen LogP contribution >= 0.6 is 23.5 Å². The highest BCUT2D eigenvalue weighted by Gasteiger charge is 2.06. The van der Waals surface area contributed by atoms with Crippen LogP contribution in [0.25, 0.3) is 0 Å². The Morgan fingerprint density at radius 1 is 0.600 bits per heavy atom. The minimum atomic E-state index is 0.564. The van der Waals surface area contributed by atoms with Crippen molar-refractivity contribution in [3.05, 3.63) is 59.7 Å². The summed E-state index contributed by atoms with van der Waals surface area (Å²) in [4.78, 5) is 0. The molecule has 0 unspecified atom stereocenters. The average molecular weight is 377 g/mol. The first kappa shape index (κ1) is 18.5. The van der Waals surface area contributed by atoms with Crippen LogP contribution in [0.3, 0.4) is 0 Å². The zero-order valence-corrected chi connectivity index (χ0v) is 15.9. The fraction of sp³-hybridized carbons (Fsp3) is 0.400. The van der Waals surface area contributed by atoms with E-state index in [2.05, 4.69) is 24.3 Å². The molecule has 1 heterocycles. The van der Waals surface area contributed by atoms with Gasteiger partial charge in [0.25, 0.3) is 0 Å². The van der Waals surface area contributed by atoms with Crippen molar-refractivity contribution in [1.82, 2.24) is 0 Å². The maximum Gasteiger partial charge on any atom is 0.123 e. The van der Waals surface area contributed by atoms with Gasteiger partial charge in [0.1, 0.15) is 24.7 Å². The molecule has 0 aromatic heterocycles. The number of hydrogen-bond acceptors (Lipinski definition) is 5. The minimum Gasteiger partial charge on any atom is -0.491 e. The van der Waals surface area contributed by atoms with Gasteiger partial charge < -0.3 is 14.2 Å². The summed E-state index contributed by atoms with van der Waals surface area (Å²) in [6, 6.07) is 16.6. The molecular weight excluding hydrogens is 352 g/mol. The monoisotopic (exact) mass is 376 g/mol. The third-order valence-electron chi connectivity index (χ3n) is 3.80. The van der Waals surface area contributed by atoms with E-state index >= 15 is 0 Å². The molecule has 1 aliphatic rings. The molecule has 0 radical (unpaired) electrons. The molecule has 0 bridgehead atoms. The van der Waals surface area contributed by atoms with E-state index < -0.39 is 0 Å². The Kier molecular flexibility index (Phi) is 7.87. The number of thioether (sulfide) groups is 2. The maximum atomic E-state index is 5.88. The Morgan fingerprint density at radius 3 is 1.60 bits per heavy atom. The number of para-hydroxylation sites is 2. The number of hydrogen-bond donors (Lipinski definition) is 0. The summed E-state index contributed by atoms with van der Waals surface area (Å²) in [5, 5.41) is 0. The van der Waals surface area contributed by atoms with Crippen molar-refractivity contribution in [3.63, 3.8) is 0 Å². The van der Waals surface area contributed by atoms with E-state index in [-0.39, 0.29) is 0 Å². The van der Waals surface area contributed by atoms with Gasteiger partial charge in [-0.1, -0.05) is 36.4 Å². The molecule has 25 heavy (non-hydrogen) atoms. The van der Waals surface area contributed by atoms with Crippen LogP contribution in [0.4, 0.5) is 0 Å². The number of fused-ring (bicyclic) bond motifs is 2. The third-order valence-corrected chi connectivity index (χ3v) is 6.08. The van der Waals surface area contributed by atoms with E-state index in [1.54, 1.807) is 0 Å². The molecule has 0 fully saturated rings. The van der Waals surface area contributed by atoms with Gasteiger partial charge in [0.2, 0.25) is 0 Å². The molecule has 0 atom stereocenters. The summed E-state index contributed by atoms with van der Waals surface area (Å²) in [7, 11) is 0.